The van der Waals surface area contributed by atoms with Crippen LogP contribution in [0.4, 0.5) is 0 Å². The van der Waals surface area contributed by atoms with Crippen molar-refractivity contribution in [2.75, 3.05) is 0 Å². The molecule has 3 heteroatoms. The molecule has 0 atom stereocenters. The molecule has 0 unspecified atom stereocenters. The first-order chi connectivity index (χ1) is 13.4. The van der Waals surface area contributed by atoms with E-state index in [0.29, 0.717) is 6.04 Å². The SMILES string of the molecule is [2H]c1cc(-c2ncnc3c2sc2cc(C(C)(C)C)ccc23)cc2ccccc12. The van der Waals surface area contributed by atoms with Crippen LogP contribution in [0.1, 0.15) is 27.7 Å². The summed E-state index contributed by atoms with van der Waals surface area (Å²) in [6.45, 7) is 6.70. The van der Waals surface area contributed by atoms with E-state index in [2.05, 4.69) is 61.1 Å². The van der Waals surface area contributed by atoms with Gasteiger partial charge >= 0.3 is 0 Å². The fraction of sp³-hybridized carbons (Fsp3) is 0.167. The number of nitrogens with zero attached hydrogens (tertiary/aromatic N) is 2. The maximum absolute atomic E-state index is 8.43. The van der Waals surface area contributed by atoms with Gasteiger partial charge in [0.05, 0.1) is 17.3 Å². The van der Waals surface area contributed by atoms with Gasteiger partial charge in [-0.15, -0.1) is 11.3 Å². The third-order valence-electron chi connectivity index (χ3n) is 5.05. The Labute approximate surface area is 163 Å². The van der Waals surface area contributed by atoms with E-state index in [1.54, 1.807) is 17.7 Å². The second-order valence-electron chi connectivity index (χ2n) is 7.94. The fourth-order valence-corrected chi connectivity index (χ4v) is 4.71. The average molecular weight is 370 g/mol. The molecule has 0 aliphatic carbocycles. The lowest BCUT2D eigenvalue weighted by Gasteiger charge is -2.18. The summed E-state index contributed by atoms with van der Waals surface area (Å²) in [7, 11) is 0. The minimum absolute atomic E-state index is 0.108. The van der Waals surface area contributed by atoms with Crippen molar-refractivity contribution in [2.24, 2.45) is 0 Å². The molecule has 0 saturated heterocycles. The van der Waals surface area contributed by atoms with Gasteiger partial charge in [-0.2, -0.15) is 0 Å². The van der Waals surface area contributed by atoms with Crippen LogP contribution >= 0.6 is 11.3 Å². The highest BCUT2D eigenvalue weighted by Crippen LogP contribution is 2.39. The van der Waals surface area contributed by atoms with Gasteiger partial charge in [0.1, 0.15) is 6.33 Å². The first kappa shape index (κ1) is 15.3. The molecule has 2 heterocycles. The van der Waals surface area contributed by atoms with Crippen molar-refractivity contribution in [2.45, 2.75) is 26.2 Å². The molecule has 2 nitrogen and oxygen atoms in total. The van der Waals surface area contributed by atoms with Gasteiger partial charge in [-0.3, -0.25) is 0 Å². The summed E-state index contributed by atoms with van der Waals surface area (Å²) in [5.41, 5.74) is 4.30. The Balaban J connectivity index is 1.78. The molecule has 5 aromatic rings. The van der Waals surface area contributed by atoms with Gasteiger partial charge in [0.15, 0.2) is 0 Å². The van der Waals surface area contributed by atoms with Gasteiger partial charge in [0.2, 0.25) is 0 Å². The van der Waals surface area contributed by atoms with E-state index in [1.807, 2.05) is 24.3 Å². The van der Waals surface area contributed by atoms with Crippen LogP contribution in [0.5, 0.6) is 0 Å². The van der Waals surface area contributed by atoms with E-state index in [4.69, 9.17) is 1.37 Å². The summed E-state index contributed by atoms with van der Waals surface area (Å²) < 4.78 is 10.7. The first-order valence-corrected chi connectivity index (χ1v) is 9.91. The molecular weight excluding hydrogens is 348 g/mol. The zero-order valence-electron chi connectivity index (χ0n) is 16.6. The van der Waals surface area contributed by atoms with Gasteiger partial charge in [0.25, 0.3) is 0 Å². The van der Waals surface area contributed by atoms with Crippen molar-refractivity contribution in [1.82, 2.24) is 9.97 Å². The fourth-order valence-electron chi connectivity index (χ4n) is 3.50. The summed E-state index contributed by atoms with van der Waals surface area (Å²) in [5, 5.41) is 3.19. The second kappa shape index (κ2) is 5.86. The maximum Gasteiger partial charge on any atom is 0.116 e. The molecular formula is C24H20N2S. The Bertz CT molecular complexity index is 1360. The van der Waals surface area contributed by atoms with Crippen molar-refractivity contribution >= 4 is 42.4 Å². The lowest BCUT2D eigenvalue weighted by Crippen LogP contribution is -2.10. The van der Waals surface area contributed by atoms with Crippen molar-refractivity contribution in [1.29, 1.82) is 0 Å². The molecule has 0 aliphatic rings. The normalized spacial score (nSPS) is 12.8. The average Bonchev–Trinajstić information content (AvgIpc) is 3.05. The Morgan fingerprint density at radius 1 is 0.926 bits per heavy atom. The van der Waals surface area contributed by atoms with Gasteiger partial charge in [-0.1, -0.05) is 69.3 Å². The van der Waals surface area contributed by atoms with E-state index < -0.39 is 0 Å². The van der Waals surface area contributed by atoms with Gasteiger partial charge in [0, 0.05) is 15.6 Å². The lowest BCUT2D eigenvalue weighted by atomic mass is 9.87. The number of benzene rings is 3. The zero-order chi connectivity index (χ0) is 19.5. The summed E-state index contributed by atoms with van der Waals surface area (Å²) in [5.74, 6) is 0. The van der Waals surface area contributed by atoms with Crippen LogP contribution in [-0.4, -0.2) is 9.97 Å². The highest BCUT2D eigenvalue weighted by atomic mass is 32.1. The molecule has 0 saturated carbocycles. The topological polar surface area (TPSA) is 25.8 Å². The predicted molar refractivity (Wildman–Crippen MR) is 117 cm³/mol. The highest BCUT2D eigenvalue weighted by molar-refractivity contribution is 7.26. The molecule has 0 N–H and O–H groups in total. The van der Waals surface area contributed by atoms with Crippen LogP contribution in [0, 0.1) is 0 Å². The molecule has 2 aromatic heterocycles. The number of hydrogen-bond donors (Lipinski definition) is 0. The Hall–Kier alpha value is -2.78. The number of aromatic nitrogens is 2. The smallest absolute Gasteiger partial charge is 0.116 e. The van der Waals surface area contributed by atoms with Crippen LogP contribution in [0.15, 0.2) is 67.0 Å². The van der Waals surface area contributed by atoms with Crippen molar-refractivity contribution in [3.8, 4) is 11.3 Å². The molecule has 0 spiro atoms. The minimum Gasteiger partial charge on any atom is -0.235 e. The number of thiophene rings is 1. The van der Waals surface area contributed by atoms with Crippen LogP contribution in [-0.2, 0) is 5.41 Å². The Morgan fingerprint density at radius 3 is 2.56 bits per heavy atom. The Kier molecular flexibility index (Phi) is 3.32. The molecule has 132 valence electrons. The molecule has 3 aromatic carbocycles. The summed E-state index contributed by atoms with van der Waals surface area (Å²) >= 11 is 1.74. The molecule has 0 bridgehead atoms. The third kappa shape index (κ3) is 2.70. The van der Waals surface area contributed by atoms with E-state index in [-0.39, 0.29) is 5.41 Å². The molecule has 27 heavy (non-hydrogen) atoms. The maximum atomic E-state index is 8.43. The standard InChI is InChI=1S/C24H20N2S/c1-24(2,3)18-10-11-19-20(13-18)27-23-21(25-14-26-22(19)23)17-9-8-15-6-4-5-7-16(15)12-17/h4-14H,1-3H3/i8D. The van der Waals surface area contributed by atoms with Crippen molar-refractivity contribution in [3.63, 3.8) is 0 Å². The summed E-state index contributed by atoms with van der Waals surface area (Å²) in [4.78, 5) is 9.19. The molecule has 0 radical (unpaired) electrons. The van der Waals surface area contributed by atoms with Crippen LogP contribution in [0.2, 0.25) is 0 Å². The second-order valence-corrected chi connectivity index (χ2v) is 8.99. The number of rotatable bonds is 1. The predicted octanol–water partition coefficient (Wildman–Crippen LogP) is 6.96. The van der Waals surface area contributed by atoms with E-state index in [1.165, 1.54) is 15.6 Å². The minimum atomic E-state index is 0.108. The van der Waals surface area contributed by atoms with Gasteiger partial charge in [-0.25, -0.2) is 9.97 Å². The van der Waals surface area contributed by atoms with E-state index in [0.717, 1.165) is 32.2 Å². The molecule has 5 rings (SSSR count). The van der Waals surface area contributed by atoms with E-state index >= 15 is 0 Å². The number of hydrogen-bond acceptors (Lipinski definition) is 3. The number of fused-ring (bicyclic) bond motifs is 4. The highest BCUT2D eigenvalue weighted by Gasteiger charge is 2.17. The molecule has 0 amide bonds. The largest absolute Gasteiger partial charge is 0.235 e. The Morgan fingerprint density at radius 2 is 1.74 bits per heavy atom. The first-order valence-electron chi connectivity index (χ1n) is 9.59. The van der Waals surface area contributed by atoms with Crippen molar-refractivity contribution < 1.29 is 1.37 Å². The molecule has 0 fully saturated rings. The van der Waals surface area contributed by atoms with Crippen LogP contribution in [0.3, 0.4) is 0 Å². The summed E-state index contributed by atoms with van der Waals surface area (Å²) in [6, 6.07) is 19.2. The van der Waals surface area contributed by atoms with Crippen LogP contribution in [0.25, 0.3) is 42.3 Å². The van der Waals surface area contributed by atoms with Crippen molar-refractivity contribution in [3.05, 3.63) is 72.5 Å². The van der Waals surface area contributed by atoms with Gasteiger partial charge in [-0.05, 0) is 33.9 Å². The van der Waals surface area contributed by atoms with Gasteiger partial charge < -0.3 is 0 Å². The quantitative estimate of drug-likeness (QED) is 0.319. The monoisotopic (exact) mass is 369 g/mol. The third-order valence-corrected chi connectivity index (χ3v) is 6.20. The zero-order valence-corrected chi connectivity index (χ0v) is 16.4. The lowest BCUT2D eigenvalue weighted by molar-refractivity contribution is 0.591. The molecule has 0 aliphatic heterocycles. The van der Waals surface area contributed by atoms with E-state index in [9.17, 15) is 0 Å². The summed E-state index contributed by atoms with van der Waals surface area (Å²) in [6.07, 6.45) is 1.64. The van der Waals surface area contributed by atoms with Crippen LogP contribution < -0.4 is 0 Å².